The van der Waals surface area contributed by atoms with Crippen LogP contribution in [0.1, 0.15) is 11.6 Å². The van der Waals surface area contributed by atoms with Crippen LogP contribution in [-0.2, 0) is 0 Å². The highest BCUT2D eigenvalue weighted by Crippen LogP contribution is 2.38. The summed E-state index contributed by atoms with van der Waals surface area (Å²) in [5, 5.41) is 0.551. The molecule has 0 saturated carbocycles. The summed E-state index contributed by atoms with van der Waals surface area (Å²) in [7, 11) is 1.58. The molecule has 2 N–H and O–H groups in total. The molecule has 70 valence electrons. The highest BCUT2D eigenvalue weighted by molar-refractivity contribution is 6.32. The summed E-state index contributed by atoms with van der Waals surface area (Å²) < 4.78 is 10.4. The molecule has 0 saturated heterocycles. The van der Waals surface area contributed by atoms with Crippen LogP contribution >= 0.6 is 11.6 Å². The van der Waals surface area contributed by atoms with E-state index < -0.39 is 0 Å². The molecule has 0 bridgehead atoms. The van der Waals surface area contributed by atoms with E-state index in [4.69, 9.17) is 26.8 Å². The molecule has 1 heterocycles. The van der Waals surface area contributed by atoms with E-state index >= 15 is 0 Å². The third kappa shape index (κ3) is 1.34. The molecule has 1 aromatic rings. The fourth-order valence-corrected chi connectivity index (χ4v) is 1.62. The van der Waals surface area contributed by atoms with Crippen molar-refractivity contribution in [3.05, 3.63) is 22.7 Å². The second-order valence-corrected chi connectivity index (χ2v) is 3.35. The highest BCUT2D eigenvalue weighted by Gasteiger charge is 2.22. The van der Waals surface area contributed by atoms with Crippen LogP contribution in [-0.4, -0.2) is 13.7 Å². The van der Waals surface area contributed by atoms with Gasteiger partial charge >= 0.3 is 0 Å². The van der Waals surface area contributed by atoms with Gasteiger partial charge in [-0.3, -0.25) is 0 Å². The number of methoxy groups -OCH3 is 1. The standard InChI is InChI=1S/C9H10ClNO2/c1-12-9-2-5-7(11)4-13-8(5)3-6(9)10/h2-3,7H,4,11H2,1H3/t7-/m0/s1. The summed E-state index contributed by atoms with van der Waals surface area (Å²) in [4.78, 5) is 0. The van der Waals surface area contributed by atoms with Gasteiger partial charge in [-0.2, -0.15) is 0 Å². The lowest BCUT2D eigenvalue weighted by Gasteiger charge is -2.06. The zero-order valence-corrected chi connectivity index (χ0v) is 7.97. The van der Waals surface area contributed by atoms with Crippen LogP contribution in [0.3, 0.4) is 0 Å². The first-order valence-corrected chi connectivity index (χ1v) is 4.36. The molecule has 1 aliphatic rings. The van der Waals surface area contributed by atoms with Gasteiger partial charge in [-0.15, -0.1) is 0 Å². The molecule has 13 heavy (non-hydrogen) atoms. The summed E-state index contributed by atoms with van der Waals surface area (Å²) in [6.45, 7) is 0.513. The van der Waals surface area contributed by atoms with E-state index in [2.05, 4.69) is 0 Å². The minimum atomic E-state index is -0.0684. The van der Waals surface area contributed by atoms with E-state index in [0.717, 1.165) is 11.3 Å². The van der Waals surface area contributed by atoms with Crippen molar-refractivity contribution in [3.63, 3.8) is 0 Å². The van der Waals surface area contributed by atoms with Gasteiger partial charge in [0.05, 0.1) is 18.2 Å². The Kier molecular flexibility index (Phi) is 2.06. The van der Waals surface area contributed by atoms with Crippen LogP contribution in [0.15, 0.2) is 12.1 Å². The lowest BCUT2D eigenvalue weighted by Crippen LogP contribution is -2.10. The van der Waals surface area contributed by atoms with Crippen LogP contribution in [0.25, 0.3) is 0 Å². The second-order valence-electron chi connectivity index (χ2n) is 2.94. The van der Waals surface area contributed by atoms with Gasteiger partial charge in [0.15, 0.2) is 0 Å². The van der Waals surface area contributed by atoms with Gasteiger partial charge in [0.1, 0.15) is 18.1 Å². The smallest absolute Gasteiger partial charge is 0.138 e. The molecule has 0 radical (unpaired) electrons. The number of ether oxygens (including phenoxy) is 2. The zero-order valence-electron chi connectivity index (χ0n) is 7.21. The molecule has 0 aliphatic carbocycles. The third-order valence-corrected chi connectivity index (χ3v) is 2.40. The van der Waals surface area contributed by atoms with Crippen LogP contribution in [0.2, 0.25) is 5.02 Å². The molecule has 0 fully saturated rings. The van der Waals surface area contributed by atoms with Crippen molar-refractivity contribution < 1.29 is 9.47 Å². The van der Waals surface area contributed by atoms with Gasteiger partial charge in [0.25, 0.3) is 0 Å². The molecule has 1 atom stereocenters. The Labute approximate surface area is 81.4 Å². The third-order valence-electron chi connectivity index (χ3n) is 2.10. The first kappa shape index (κ1) is 8.66. The normalized spacial score (nSPS) is 19.5. The van der Waals surface area contributed by atoms with Gasteiger partial charge in [-0.05, 0) is 6.07 Å². The summed E-state index contributed by atoms with van der Waals surface area (Å²) in [6.07, 6.45) is 0. The van der Waals surface area contributed by atoms with E-state index in [-0.39, 0.29) is 6.04 Å². The fourth-order valence-electron chi connectivity index (χ4n) is 1.39. The second kappa shape index (κ2) is 3.09. The lowest BCUT2D eigenvalue weighted by molar-refractivity contribution is 0.333. The summed E-state index contributed by atoms with van der Waals surface area (Å²) in [5.74, 6) is 1.40. The Bertz CT molecular complexity index is 341. The topological polar surface area (TPSA) is 44.5 Å². The largest absolute Gasteiger partial charge is 0.495 e. The number of benzene rings is 1. The number of hydrogen-bond donors (Lipinski definition) is 1. The van der Waals surface area contributed by atoms with E-state index in [1.807, 2.05) is 6.07 Å². The quantitative estimate of drug-likeness (QED) is 0.750. The molecule has 1 aromatic carbocycles. The zero-order chi connectivity index (χ0) is 9.42. The molecule has 0 amide bonds. The molecule has 3 nitrogen and oxygen atoms in total. The molecular weight excluding hydrogens is 190 g/mol. The van der Waals surface area contributed by atoms with Crippen LogP contribution in [0.4, 0.5) is 0 Å². The Balaban J connectivity index is 2.51. The number of hydrogen-bond acceptors (Lipinski definition) is 3. The highest BCUT2D eigenvalue weighted by atomic mass is 35.5. The first-order chi connectivity index (χ1) is 6.22. The molecule has 1 aliphatic heterocycles. The van der Waals surface area contributed by atoms with Crippen molar-refractivity contribution in [1.82, 2.24) is 0 Å². The predicted molar refractivity (Wildman–Crippen MR) is 50.4 cm³/mol. The summed E-state index contributed by atoms with van der Waals surface area (Å²) in [5.41, 5.74) is 6.76. The van der Waals surface area contributed by atoms with E-state index in [0.29, 0.717) is 17.4 Å². The predicted octanol–water partition coefficient (Wildman–Crippen LogP) is 1.74. The van der Waals surface area contributed by atoms with Crippen LogP contribution in [0.5, 0.6) is 11.5 Å². The monoisotopic (exact) mass is 199 g/mol. The Morgan fingerprint density at radius 2 is 2.38 bits per heavy atom. The van der Waals surface area contributed by atoms with Crippen LogP contribution < -0.4 is 15.2 Å². The van der Waals surface area contributed by atoms with Crippen molar-refractivity contribution in [2.24, 2.45) is 5.73 Å². The van der Waals surface area contributed by atoms with Gasteiger partial charge in [-0.1, -0.05) is 11.6 Å². The number of fused-ring (bicyclic) bond motifs is 1. The van der Waals surface area contributed by atoms with E-state index in [9.17, 15) is 0 Å². The fraction of sp³-hybridized carbons (Fsp3) is 0.333. The number of rotatable bonds is 1. The van der Waals surface area contributed by atoms with Crippen molar-refractivity contribution in [2.75, 3.05) is 13.7 Å². The first-order valence-electron chi connectivity index (χ1n) is 3.98. The SMILES string of the molecule is COc1cc2c(cc1Cl)OC[C@@H]2N. The minimum absolute atomic E-state index is 0.0684. The van der Waals surface area contributed by atoms with Crippen molar-refractivity contribution in [3.8, 4) is 11.5 Å². The molecular formula is C9H10ClNO2. The van der Waals surface area contributed by atoms with E-state index in [1.165, 1.54) is 0 Å². The van der Waals surface area contributed by atoms with E-state index in [1.54, 1.807) is 13.2 Å². The number of nitrogens with two attached hydrogens (primary N) is 1. The summed E-state index contributed by atoms with van der Waals surface area (Å²) in [6, 6.07) is 3.50. The maximum atomic E-state index is 5.91. The molecule has 0 spiro atoms. The lowest BCUT2D eigenvalue weighted by atomic mass is 10.1. The average molecular weight is 200 g/mol. The van der Waals surface area contributed by atoms with Crippen molar-refractivity contribution >= 4 is 11.6 Å². The van der Waals surface area contributed by atoms with Gasteiger partial charge in [0, 0.05) is 11.6 Å². The van der Waals surface area contributed by atoms with Crippen molar-refractivity contribution in [1.29, 1.82) is 0 Å². The molecule has 2 rings (SSSR count). The minimum Gasteiger partial charge on any atom is -0.495 e. The van der Waals surface area contributed by atoms with Gasteiger partial charge in [-0.25, -0.2) is 0 Å². The molecule has 0 aromatic heterocycles. The molecule has 4 heteroatoms. The Hall–Kier alpha value is -0.930. The van der Waals surface area contributed by atoms with Gasteiger partial charge < -0.3 is 15.2 Å². The Morgan fingerprint density at radius 1 is 1.62 bits per heavy atom. The average Bonchev–Trinajstić information content (AvgIpc) is 2.46. The maximum Gasteiger partial charge on any atom is 0.138 e. The maximum absolute atomic E-state index is 5.91. The number of halogens is 1. The van der Waals surface area contributed by atoms with Gasteiger partial charge in [0.2, 0.25) is 0 Å². The Morgan fingerprint density at radius 3 is 3.08 bits per heavy atom. The van der Waals surface area contributed by atoms with Crippen molar-refractivity contribution in [2.45, 2.75) is 6.04 Å². The molecule has 0 unspecified atom stereocenters. The summed E-state index contributed by atoms with van der Waals surface area (Å²) >= 11 is 5.91. The van der Waals surface area contributed by atoms with Crippen LogP contribution in [0, 0.1) is 0 Å².